The van der Waals surface area contributed by atoms with Crippen LogP contribution < -0.4 is 0 Å². The molecule has 0 unspecified atom stereocenters. The van der Waals surface area contributed by atoms with E-state index in [1.807, 2.05) is 4.08 Å². The third-order valence-corrected chi connectivity index (χ3v) is 5.17. The smallest absolute Gasteiger partial charge is 0.159 e. The van der Waals surface area contributed by atoms with Gasteiger partial charge in [-0.15, -0.1) is 0 Å². The van der Waals surface area contributed by atoms with Crippen molar-refractivity contribution >= 4 is 28.4 Å². The first-order chi connectivity index (χ1) is 8.79. The molecule has 2 aliphatic rings. The number of carbonyl (C=O) groups excluding carboxylic acids is 1. The standard InChI is InChI=1S/C16H25IO/c17-10-9-16(18)15-11-14(12-15)8-4-7-13-5-2-1-3-6-13/h9-10,13-15H,1-8,11-12H2/b10-9+. The van der Waals surface area contributed by atoms with Gasteiger partial charge >= 0.3 is 0 Å². The van der Waals surface area contributed by atoms with Crippen molar-refractivity contribution in [3.63, 3.8) is 0 Å². The summed E-state index contributed by atoms with van der Waals surface area (Å²) in [6.07, 6.45) is 15.6. The molecular weight excluding hydrogens is 335 g/mol. The van der Waals surface area contributed by atoms with Gasteiger partial charge in [-0.25, -0.2) is 0 Å². The van der Waals surface area contributed by atoms with E-state index >= 15 is 0 Å². The molecule has 0 N–H and O–H groups in total. The molecule has 0 amide bonds. The average molecular weight is 360 g/mol. The SMILES string of the molecule is O=C(/C=C/I)C1CC(CCCC2CCCCC2)C1. The van der Waals surface area contributed by atoms with Gasteiger partial charge in [-0.2, -0.15) is 0 Å². The van der Waals surface area contributed by atoms with Gasteiger partial charge in [-0.05, 0) is 34.8 Å². The third kappa shape index (κ3) is 4.36. The Labute approximate surface area is 125 Å². The maximum Gasteiger partial charge on any atom is 0.159 e. The Morgan fingerprint density at radius 1 is 1.06 bits per heavy atom. The normalized spacial score (nSPS) is 29.4. The molecule has 0 aromatic heterocycles. The first-order valence-electron chi connectivity index (χ1n) is 7.60. The molecule has 18 heavy (non-hydrogen) atoms. The van der Waals surface area contributed by atoms with Gasteiger partial charge in [-0.1, -0.05) is 74.0 Å². The van der Waals surface area contributed by atoms with Crippen LogP contribution in [-0.4, -0.2) is 5.78 Å². The minimum atomic E-state index is 0.355. The van der Waals surface area contributed by atoms with Crippen molar-refractivity contribution in [2.45, 2.75) is 64.2 Å². The summed E-state index contributed by atoms with van der Waals surface area (Å²) in [6, 6.07) is 0. The summed E-state index contributed by atoms with van der Waals surface area (Å²) in [6.45, 7) is 0. The molecule has 0 aromatic rings. The van der Waals surface area contributed by atoms with Crippen LogP contribution in [0, 0.1) is 17.8 Å². The number of hydrogen-bond acceptors (Lipinski definition) is 1. The lowest BCUT2D eigenvalue weighted by Gasteiger charge is -2.34. The van der Waals surface area contributed by atoms with E-state index < -0.39 is 0 Å². The van der Waals surface area contributed by atoms with E-state index in [1.165, 1.54) is 51.4 Å². The van der Waals surface area contributed by atoms with Gasteiger partial charge in [0.15, 0.2) is 5.78 Å². The van der Waals surface area contributed by atoms with Gasteiger partial charge < -0.3 is 0 Å². The molecule has 0 bridgehead atoms. The van der Waals surface area contributed by atoms with Gasteiger partial charge in [0.1, 0.15) is 0 Å². The molecular formula is C16H25IO. The van der Waals surface area contributed by atoms with Gasteiger partial charge in [0, 0.05) is 5.92 Å². The summed E-state index contributed by atoms with van der Waals surface area (Å²) in [4.78, 5) is 11.6. The number of hydrogen-bond donors (Lipinski definition) is 0. The zero-order valence-electron chi connectivity index (χ0n) is 11.2. The number of rotatable bonds is 6. The van der Waals surface area contributed by atoms with Crippen molar-refractivity contribution in [2.24, 2.45) is 17.8 Å². The van der Waals surface area contributed by atoms with Gasteiger partial charge in [-0.3, -0.25) is 4.79 Å². The molecule has 2 aliphatic carbocycles. The summed E-state index contributed by atoms with van der Waals surface area (Å²) in [5, 5.41) is 0. The highest BCUT2D eigenvalue weighted by Crippen LogP contribution is 2.39. The Hall–Kier alpha value is 0.140. The lowest BCUT2D eigenvalue weighted by Crippen LogP contribution is -2.29. The molecule has 2 rings (SSSR count). The predicted molar refractivity (Wildman–Crippen MR) is 84.8 cm³/mol. The van der Waals surface area contributed by atoms with E-state index in [4.69, 9.17) is 0 Å². The van der Waals surface area contributed by atoms with Crippen LogP contribution in [0.3, 0.4) is 0 Å². The van der Waals surface area contributed by atoms with Crippen LogP contribution in [0.15, 0.2) is 10.2 Å². The molecule has 2 fully saturated rings. The van der Waals surface area contributed by atoms with Crippen LogP contribution in [0.5, 0.6) is 0 Å². The van der Waals surface area contributed by atoms with E-state index in [0.29, 0.717) is 11.7 Å². The summed E-state index contributed by atoms with van der Waals surface area (Å²) in [7, 11) is 0. The number of halogens is 1. The molecule has 0 radical (unpaired) electrons. The van der Waals surface area contributed by atoms with Crippen molar-refractivity contribution in [1.29, 1.82) is 0 Å². The van der Waals surface area contributed by atoms with Crippen LogP contribution in [-0.2, 0) is 4.79 Å². The fraction of sp³-hybridized carbons (Fsp3) is 0.812. The maximum absolute atomic E-state index is 11.6. The monoisotopic (exact) mass is 360 g/mol. The van der Waals surface area contributed by atoms with Crippen molar-refractivity contribution < 1.29 is 4.79 Å². The quantitative estimate of drug-likeness (QED) is 0.465. The average Bonchev–Trinajstić information content (AvgIpc) is 2.33. The Balaban J connectivity index is 1.53. The fourth-order valence-electron chi connectivity index (χ4n) is 3.57. The molecule has 102 valence electrons. The molecule has 0 heterocycles. The number of carbonyl (C=O) groups is 1. The van der Waals surface area contributed by atoms with Gasteiger partial charge in [0.2, 0.25) is 0 Å². The molecule has 0 aliphatic heterocycles. The van der Waals surface area contributed by atoms with E-state index in [0.717, 1.165) is 24.7 Å². The van der Waals surface area contributed by atoms with Crippen LogP contribution in [0.2, 0.25) is 0 Å². The summed E-state index contributed by atoms with van der Waals surface area (Å²) in [5.74, 6) is 2.59. The zero-order chi connectivity index (χ0) is 12.8. The minimum Gasteiger partial charge on any atom is -0.295 e. The molecule has 0 atom stereocenters. The third-order valence-electron chi connectivity index (χ3n) is 4.81. The Morgan fingerprint density at radius 2 is 1.72 bits per heavy atom. The summed E-state index contributed by atoms with van der Waals surface area (Å²) >= 11 is 2.13. The number of ketones is 1. The van der Waals surface area contributed by atoms with Crippen LogP contribution in [0.1, 0.15) is 64.2 Å². The minimum absolute atomic E-state index is 0.355. The lowest BCUT2D eigenvalue weighted by molar-refractivity contribution is -0.122. The molecule has 2 heteroatoms. The van der Waals surface area contributed by atoms with Gasteiger partial charge in [0.05, 0.1) is 0 Å². The Bertz CT molecular complexity index is 285. The van der Waals surface area contributed by atoms with Crippen LogP contribution >= 0.6 is 22.6 Å². The second kappa shape index (κ2) is 7.66. The van der Waals surface area contributed by atoms with Crippen molar-refractivity contribution in [1.82, 2.24) is 0 Å². The zero-order valence-corrected chi connectivity index (χ0v) is 13.4. The molecule has 0 aromatic carbocycles. The van der Waals surface area contributed by atoms with Crippen LogP contribution in [0.25, 0.3) is 0 Å². The number of allylic oxidation sites excluding steroid dienone is 1. The van der Waals surface area contributed by atoms with E-state index in [-0.39, 0.29) is 0 Å². The first kappa shape index (κ1) is 14.5. The van der Waals surface area contributed by atoms with E-state index in [2.05, 4.69) is 22.6 Å². The highest BCUT2D eigenvalue weighted by atomic mass is 127. The Morgan fingerprint density at radius 3 is 2.39 bits per heavy atom. The largest absolute Gasteiger partial charge is 0.295 e. The highest BCUT2D eigenvalue weighted by Gasteiger charge is 2.32. The second-order valence-corrected chi connectivity index (χ2v) is 6.88. The molecule has 1 nitrogen and oxygen atoms in total. The lowest BCUT2D eigenvalue weighted by atomic mass is 9.70. The second-order valence-electron chi connectivity index (χ2n) is 6.16. The predicted octanol–water partition coefficient (Wildman–Crippen LogP) is 5.28. The first-order valence-corrected chi connectivity index (χ1v) is 8.84. The summed E-state index contributed by atoms with van der Waals surface area (Å²) in [5.41, 5.74) is 0. The van der Waals surface area contributed by atoms with Gasteiger partial charge in [0.25, 0.3) is 0 Å². The Kier molecular flexibility index (Phi) is 6.19. The van der Waals surface area contributed by atoms with Crippen LogP contribution in [0.4, 0.5) is 0 Å². The highest BCUT2D eigenvalue weighted by molar-refractivity contribution is 14.1. The maximum atomic E-state index is 11.6. The topological polar surface area (TPSA) is 17.1 Å². The fourth-order valence-corrected chi connectivity index (χ4v) is 3.93. The summed E-state index contributed by atoms with van der Waals surface area (Å²) < 4.78 is 1.84. The van der Waals surface area contributed by atoms with Crippen molar-refractivity contribution in [2.75, 3.05) is 0 Å². The molecule has 2 saturated carbocycles. The van der Waals surface area contributed by atoms with E-state index in [1.54, 1.807) is 6.08 Å². The van der Waals surface area contributed by atoms with E-state index in [9.17, 15) is 4.79 Å². The molecule has 0 saturated heterocycles. The van der Waals surface area contributed by atoms with Crippen molar-refractivity contribution in [3.8, 4) is 0 Å². The molecule has 0 spiro atoms. The van der Waals surface area contributed by atoms with Crippen molar-refractivity contribution in [3.05, 3.63) is 10.2 Å².